The standard InChI is InChI=1S/C23H32O2S/c1-6-9-21(24)20(16-23(3,4)5)19-10-7-8-11-22(19)26(25)18-14-12-17(2)13-15-18/h7-8,10-15,20-21,24H,6,9,16H2,1-5H3/t20-,21+,26-/m0/s1. The maximum absolute atomic E-state index is 13.3. The van der Waals surface area contributed by atoms with E-state index in [-0.39, 0.29) is 11.3 Å². The van der Waals surface area contributed by atoms with Gasteiger partial charge in [-0.25, -0.2) is 4.21 Å². The van der Waals surface area contributed by atoms with E-state index < -0.39 is 16.9 Å². The molecule has 3 atom stereocenters. The minimum Gasteiger partial charge on any atom is -0.392 e. The van der Waals surface area contributed by atoms with Crippen molar-refractivity contribution in [2.75, 3.05) is 0 Å². The van der Waals surface area contributed by atoms with Crippen molar-refractivity contribution in [3.63, 3.8) is 0 Å². The Morgan fingerprint density at radius 2 is 1.65 bits per heavy atom. The van der Waals surface area contributed by atoms with E-state index in [2.05, 4.69) is 27.7 Å². The van der Waals surface area contributed by atoms with Crippen molar-refractivity contribution < 1.29 is 9.32 Å². The second-order valence-corrected chi connectivity index (χ2v) is 9.80. The average molecular weight is 373 g/mol. The summed E-state index contributed by atoms with van der Waals surface area (Å²) in [5, 5.41) is 10.8. The highest BCUT2D eigenvalue weighted by Gasteiger charge is 2.29. The Morgan fingerprint density at radius 1 is 1.04 bits per heavy atom. The lowest BCUT2D eigenvalue weighted by Gasteiger charge is -2.31. The van der Waals surface area contributed by atoms with Crippen molar-refractivity contribution in [3.05, 3.63) is 59.7 Å². The number of rotatable bonds is 7. The highest BCUT2D eigenvalue weighted by Crippen LogP contribution is 2.38. The van der Waals surface area contributed by atoms with Crippen molar-refractivity contribution in [3.8, 4) is 0 Å². The van der Waals surface area contributed by atoms with Gasteiger partial charge in [0, 0.05) is 15.7 Å². The summed E-state index contributed by atoms with van der Waals surface area (Å²) in [6.45, 7) is 10.7. The van der Waals surface area contributed by atoms with Crippen molar-refractivity contribution >= 4 is 10.8 Å². The van der Waals surface area contributed by atoms with Crippen LogP contribution in [-0.4, -0.2) is 15.4 Å². The van der Waals surface area contributed by atoms with Gasteiger partial charge >= 0.3 is 0 Å². The lowest BCUT2D eigenvalue weighted by molar-refractivity contribution is 0.110. The maximum atomic E-state index is 13.3. The van der Waals surface area contributed by atoms with Crippen LogP contribution in [-0.2, 0) is 10.8 Å². The minimum absolute atomic E-state index is 0.0134. The lowest BCUT2D eigenvalue weighted by atomic mass is 9.78. The molecule has 0 saturated heterocycles. The number of benzene rings is 2. The van der Waals surface area contributed by atoms with Crippen LogP contribution >= 0.6 is 0 Å². The van der Waals surface area contributed by atoms with Crippen LogP contribution in [0.1, 0.15) is 64.0 Å². The van der Waals surface area contributed by atoms with Gasteiger partial charge in [-0.05, 0) is 48.9 Å². The molecule has 0 spiro atoms. The molecule has 26 heavy (non-hydrogen) atoms. The Hall–Kier alpha value is -1.45. The molecule has 2 rings (SSSR count). The minimum atomic E-state index is -1.25. The second kappa shape index (κ2) is 8.96. The molecule has 0 radical (unpaired) electrons. The Balaban J connectivity index is 2.46. The van der Waals surface area contributed by atoms with Crippen LogP contribution in [0.15, 0.2) is 58.3 Å². The zero-order valence-corrected chi connectivity index (χ0v) is 17.5. The van der Waals surface area contributed by atoms with Gasteiger partial charge in [0.2, 0.25) is 0 Å². The third kappa shape index (κ3) is 5.52. The van der Waals surface area contributed by atoms with E-state index in [0.717, 1.165) is 40.2 Å². The highest BCUT2D eigenvalue weighted by molar-refractivity contribution is 7.85. The van der Waals surface area contributed by atoms with Gasteiger partial charge in [0.15, 0.2) is 0 Å². The summed E-state index contributed by atoms with van der Waals surface area (Å²) in [4.78, 5) is 1.63. The quantitative estimate of drug-likeness (QED) is 0.662. The Labute approximate surface area is 161 Å². The number of aliphatic hydroxyl groups excluding tert-OH is 1. The molecule has 0 aliphatic rings. The van der Waals surface area contributed by atoms with E-state index >= 15 is 0 Å². The molecule has 1 N–H and O–H groups in total. The van der Waals surface area contributed by atoms with Crippen LogP contribution in [0.25, 0.3) is 0 Å². The van der Waals surface area contributed by atoms with Crippen molar-refractivity contribution in [1.29, 1.82) is 0 Å². The Morgan fingerprint density at radius 3 is 2.23 bits per heavy atom. The number of aliphatic hydroxyl groups is 1. The molecule has 2 aromatic rings. The van der Waals surface area contributed by atoms with Crippen molar-refractivity contribution in [1.82, 2.24) is 0 Å². The number of aryl methyl sites for hydroxylation is 1. The summed E-state index contributed by atoms with van der Waals surface area (Å²) in [5.74, 6) is -0.0134. The topological polar surface area (TPSA) is 37.3 Å². The molecule has 2 nitrogen and oxygen atoms in total. The largest absolute Gasteiger partial charge is 0.392 e. The lowest BCUT2D eigenvalue weighted by Crippen LogP contribution is -2.24. The van der Waals surface area contributed by atoms with Gasteiger partial charge in [-0.3, -0.25) is 0 Å². The van der Waals surface area contributed by atoms with E-state index in [9.17, 15) is 9.32 Å². The normalized spacial score (nSPS) is 15.5. The molecule has 0 aliphatic carbocycles. The van der Waals surface area contributed by atoms with Crippen LogP contribution in [0, 0.1) is 12.3 Å². The number of hydrogen-bond acceptors (Lipinski definition) is 2. The maximum Gasteiger partial charge on any atom is 0.0852 e. The van der Waals surface area contributed by atoms with E-state index in [0.29, 0.717) is 0 Å². The number of hydrogen-bond donors (Lipinski definition) is 1. The van der Waals surface area contributed by atoms with E-state index in [4.69, 9.17) is 0 Å². The molecule has 0 unspecified atom stereocenters. The molecule has 2 aromatic carbocycles. The SMILES string of the molecule is CCC[C@@H](O)[C@@H](CC(C)(C)C)c1ccccc1[S@@](=O)c1ccc(C)cc1. The fraction of sp³-hybridized carbons (Fsp3) is 0.478. The fourth-order valence-electron chi connectivity index (χ4n) is 3.35. The van der Waals surface area contributed by atoms with E-state index in [1.807, 2.05) is 55.5 Å². The molecule has 0 fully saturated rings. The smallest absolute Gasteiger partial charge is 0.0852 e. The van der Waals surface area contributed by atoms with Crippen LogP contribution in [0.3, 0.4) is 0 Å². The summed E-state index contributed by atoms with van der Waals surface area (Å²) in [6.07, 6.45) is 2.13. The Bertz CT molecular complexity index is 729. The van der Waals surface area contributed by atoms with Gasteiger partial charge in [-0.15, -0.1) is 0 Å². The van der Waals surface area contributed by atoms with Crippen molar-refractivity contribution in [2.45, 2.75) is 75.7 Å². The van der Waals surface area contributed by atoms with Gasteiger partial charge in [0.1, 0.15) is 0 Å². The summed E-state index contributed by atoms with van der Waals surface area (Å²) in [5.41, 5.74) is 2.25. The summed E-state index contributed by atoms with van der Waals surface area (Å²) < 4.78 is 13.3. The zero-order valence-electron chi connectivity index (χ0n) is 16.7. The van der Waals surface area contributed by atoms with Crippen LogP contribution < -0.4 is 0 Å². The van der Waals surface area contributed by atoms with Crippen LogP contribution in [0.4, 0.5) is 0 Å². The average Bonchev–Trinajstić information content (AvgIpc) is 2.59. The highest BCUT2D eigenvalue weighted by atomic mass is 32.2. The molecule has 0 saturated carbocycles. The van der Waals surface area contributed by atoms with E-state index in [1.54, 1.807) is 0 Å². The van der Waals surface area contributed by atoms with Crippen LogP contribution in [0.2, 0.25) is 0 Å². The van der Waals surface area contributed by atoms with Crippen molar-refractivity contribution in [2.24, 2.45) is 5.41 Å². The predicted octanol–water partition coefficient (Wildman–Crippen LogP) is 5.84. The first-order valence-corrected chi connectivity index (χ1v) is 10.6. The van der Waals surface area contributed by atoms with Gasteiger partial charge < -0.3 is 5.11 Å². The summed E-state index contributed by atoms with van der Waals surface area (Å²) >= 11 is 0. The third-order valence-electron chi connectivity index (χ3n) is 4.63. The molecular weight excluding hydrogens is 340 g/mol. The molecule has 0 aromatic heterocycles. The van der Waals surface area contributed by atoms with Gasteiger partial charge in [-0.2, -0.15) is 0 Å². The predicted molar refractivity (Wildman–Crippen MR) is 110 cm³/mol. The Kier molecular flexibility index (Phi) is 7.19. The van der Waals surface area contributed by atoms with Crippen LogP contribution in [0.5, 0.6) is 0 Å². The zero-order chi connectivity index (χ0) is 19.3. The first-order chi connectivity index (χ1) is 12.2. The monoisotopic (exact) mass is 372 g/mol. The third-order valence-corrected chi connectivity index (χ3v) is 6.11. The first-order valence-electron chi connectivity index (χ1n) is 9.48. The molecule has 142 valence electrons. The molecule has 0 heterocycles. The molecule has 3 heteroatoms. The summed E-state index contributed by atoms with van der Waals surface area (Å²) in [7, 11) is -1.25. The first kappa shape index (κ1) is 20.9. The molecule has 0 aliphatic heterocycles. The summed E-state index contributed by atoms with van der Waals surface area (Å²) in [6, 6.07) is 15.8. The van der Waals surface area contributed by atoms with Gasteiger partial charge in [0.25, 0.3) is 0 Å². The van der Waals surface area contributed by atoms with E-state index in [1.165, 1.54) is 0 Å². The molecular formula is C23H32O2S. The van der Waals surface area contributed by atoms with Gasteiger partial charge in [0.05, 0.1) is 16.9 Å². The molecule has 0 amide bonds. The van der Waals surface area contributed by atoms with Gasteiger partial charge in [-0.1, -0.05) is 70.0 Å². The fourth-order valence-corrected chi connectivity index (χ4v) is 4.63. The second-order valence-electron chi connectivity index (χ2n) is 8.35. The molecule has 0 bridgehead atoms.